The minimum atomic E-state index is -3.67. The zero-order chi connectivity index (χ0) is 20.8. The van der Waals surface area contributed by atoms with Gasteiger partial charge < -0.3 is 4.90 Å². The van der Waals surface area contributed by atoms with Crippen molar-refractivity contribution < 1.29 is 13.2 Å². The molecule has 1 amide bonds. The minimum absolute atomic E-state index is 0.105. The zero-order valence-corrected chi connectivity index (χ0v) is 18.0. The van der Waals surface area contributed by atoms with Crippen LogP contribution in [-0.4, -0.2) is 52.7 Å². The number of piperidine rings is 1. The predicted molar refractivity (Wildman–Crippen MR) is 110 cm³/mol. The molecule has 2 aromatic rings. The van der Waals surface area contributed by atoms with E-state index in [1.54, 1.807) is 29.1 Å². The zero-order valence-electron chi connectivity index (χ0n) is 17.2. The number of likely N-dealkylation sites (tertiary alicyclic amines) is 1. The highest BCUT2D eigenvalue weighted by Crippen LogP contribution is 2.32. The summed E-state index contributed by atoms with van der Waals surface area (Å²) in [7, 11) is -3.67. The Bertz CT molecular complexity index is 1030. The van der Waals surface area contributed by atoms with Crippen molar-refractivity contribution >= 4 is 15.9 Å². The number of hydrogen-bond donors (Lipinski definition) is 0. The summed E-state index contributed by atoms with van der Waals surface area (Å²) in [5.41, 5.74) is 1.55. The largest absolute Gasteiger partial charge is 0.337 e. The third-order valence-corrected chi connectivity index (χ3v) is 7.51. The fraction of sp³-hybridized carbons (Fsp3) is 0.524. The lowest BCUT2D eigenvalue weighted by Crippen LogP contribution is -2.40. The number of hydrogen-bond acceptors (Lipinski definition) is 4. The molecule has 0 saturated carbocycles. The van der Waals surface area contributed by atoms with E-state index in [0.29, 0.717) is 29.5 Å². The highest BCUT2D eigenvalue weighted by Gasteiger charge is 2.36. The second kappa shape index (κ2) is 7.57. The highest BCUT2D eigenvalue weighted by molar-refractivity contribution is 7.89. The van der Waals surface area contributed by atoms with Gasteiger partial charge >= 0.3 is 0 Å². The first-order valence-electron chi connectivity index (χ1n) is 10.2. The Morgan fingerprint density at radius 2 is 2.03 bits per heavy atom. The van der Waals surface area contributed by atoms with Gasteiger partial charge in [0.1, 0.15) is 11.2 Å². The van der Waals surface area contributed by atoms with Gasteiger partial charge in [0.25, 0.3) is 5.91 Å². The Hall–Kier alpha value is -2.19. The number of fused-ring (bicyclic) bond motifs is 3. The van der Waals surface area contributed by atoms with Crippen molar-refractivity contribution in [2.24, 2.45) is 11.8 Å². The average Bonchev–Trinajstić information content (AvgIpc) is 3.06. The molecule has 0 radical (unpaired) electrons. The maximum atomic E-state index is 13.3. The molecule has 29 heavy (non-hydrogen) atoms. The molecule has 1 fully saturated rings. The third kappa shape index (κ3) is 3.59. The third-order valence-electron chi connectivity index (χ3n) is 5.65. The maximum Gasteiger partial charge on any atom is 0.274 e. The second-order valence-corrected chi connectivity index (χ2v) is 10.5. The van der Waals surface area contributed by atoms with Crippen LogP contribution in [0.15, 0.2) is 35.5 Å². The van der Waals surface area contributed by atoms with Crippen molar-refractivity contribution in [2.75, 3.05) is 19.6 Å². The molecule has 2 aliphatic rings. The van der Waals surface area contributed by atoms with E-state index in [-0.39, 0.29) is 23.3 Å². The van der Waals surface area contributed by atoms with E-state index in [4.69, 9.17) is 0 Å². The molecular formula is C21H28N4O3S. The smallest absolute Gasteiger partial charge is 0.274 e. The van der Waals surface area contributed by atoms with Crippen LogP contribution in [0, 0.1) is 11.8 Å². The van der Waals surface area contributed by atoms with Gasteiger partial charge in [-0.15, -0.1) is 0 Å². The number of carbonyl (C=O) groups excluding carboxylic acids is 1. The van der Waals surface area contributed by atoms with E-state index in [0.717, 1.165) is 25.9 Å². The predicted octanol–water partition coefficient (Wildman–Crippen LogP) is 2.90. The summed E-state index contributed by atoms with van der Waals surface area (Å²) in [6.45, 7) is 8.10. The van der Waals surface area contributed by atoms with Crippen molar-refractivity contribution in [3.63, 3.8) is 0 Å². The Balaban J connectivity index is 1.82. The monoisotopic (exact) mass is 416 g/mol. The number of para-hydroxylation sites is 1. The fourth-order valence-corrected chi connectivity index (χ4v) is 6.02. The summed E-state index contributed by atoms with van der Waals surface area (Å²) in [5.74, 6) is 0.521. The van der Waals surface area contributed by atoms with E-state index in [9.17, 15) is 13.2 Å². The first-order chi connectivity index (χ1) is 13.8. The summed E-state index contributed by atoms with van der Waals surface area (Å²) in [6, 6.07) is 6.94. The number of amides is 1. The maximum absolute atomic E-state index is 13.3. The van der Waals surface area contributed by atoms with E-state index >= 15 is 0 Å². The standard InChI is InChI=1S/C21H28N4O3S/c1-15(2)11-24-13-18-20(21(26)23-10-6-7-16(3)12-23)22-14-25(18)17-8-4-5-9-19(17)29(24,27)28/h4-5,8-9,14-16H,6-7,10-13H2,1-3H3/t16-/m0/s1. The van der Waals surface area contributed by atoms with Gasteiger partial charge in [0.05, 0.1) is 17.9 Å². The van der Waals surface area contributed by atoms with Gasteiger partial charge in [-0.2, -0.15) is 4.31 Å². The molecule has 3 heterocycles. The van der Waals surface area contributed by atoms with Crippen LogP contribution < -0.4 is 0 Å². The molecule has 8 heteroatoms. The molecule has 1 aromatic heterocycles. The average molecular weight is 417 g/mol. The molecule has 1 aromatic carbocycles. The van der Waals surface area contributed by atoms with Crippen molar-refractivity contribution in [2.45, 2.75) is 45.1 Å². The summed E-state index contributed by atoms with van der Waals surface area (Å²) in [4.78, 5) is 19.8. The van der Waals surface area contributed by atoms with Gasteiger partial charge in [0, 0.05) is 19.6 Å². The summed E-state index contributed by atoms with van der Waals surface area (Å²) < 4.78 is 29.9. The molecule has 0 aliphatic carbocycles. The highest BCUT2D eigenvalue weighted by atomic mass is 32.2. The molecular weight excluding hydrogens is 388 g/mol. The lowest BCUT2D eigenvalue weighted by Gasteiger charge is -2.30. The van der Waals surface area contributed by atoms with Crippen molar-refractivity contribution in [1.29, 1.82) is 0 Å². The number of rotatable bonds is 3. The topological polar surface area (TPSA) is 75.5 Å². The van der Waals surface area contributed by atoms with Crippen LogP contribution in [0.5, 0.6) is 0 Å². The van der Waals surface area contributed by atoms with Crippen LogP contribution in [0.1, 0.15) is 49.8 Å². The van der Waals surface area contributed by atoms with E-state index in [1.807, 2.05) is 24.8 Å². The van der Waals surface area contributed by atoms with Crippen LogP contribution in [0.3, 0.4) is 0 Å². The number of sulfonamides is 1. The molecule has 1 atom stereocenters. The fourth-order valence-electron chi connectivity index (χ4n) is 4.27. The van der Waals surface area contributed by atoms with Gasteiger partial charge in [-0.1, -0.05) is 32.9 Å². The van der Waals surface area contributed by atoms with Gasteiger partial charge in [-0.3, -0.25) is 9.36 Å². The Kier molecular flexibility index (Phi) is 5.25. The molecule has 0 spiro atoms. The number of aromatic nitrogens is 2. The quantitative estimate of drug-likeness (QED) is 0.771. The van der Waals surface area contributed by atoms with Crippen LogP contribution in [0.2, 0.25) is 0 Å². The van der Waals surface area contributed by atoms with Crippen molar-refractivity contribution in [1.82, 2.24) is 18.8 Å². The number of carbonyl (C=O) groups is 1. The van der Waals surface area contributed by atoms with Crippen LogP contribution in [0.25, 0.3) is 5.69 Å². The Morgan fingerprint density at radius 1 is 1.28 bits per heavy atom. The van der Waals surface area contributed by atoms with E-state index < -0.39 is 10.0 Å². The molecule has 0 N–H and O–H groups in total. The summed E-state index contributed by atoms with van der Waals surface area (Å²) in [5, 5.41) is 0. The lowest BCUT2D eigenvalue weighted by molar-refractivity contribution is 0.0675. The van der Waals surface area contributed by atoms with Crippen molar-refractivity contribution in [3.05, 3.63) is 42.0 Å². The summed E-state index contributed by atoms with van der Waals surface area (Å²) in [6.07, 6.45) is 3.70. The number of benzene rings is 1. The number of imidazole rings is 1. The van der Waals surface area contributed by atoms with E-state index in [2.05, 4.69) is 11.9 Å². The first kappa shape index (κ1) is 20.1. The Labute approximate surface area is 172 Å². The second-order valence-electron chi connectivity index (χ2n) is 8.57. The molecule has 0 unspecified atom stereocenters. The van der Waals surface area contributed by atoms with Gasteiger partial charge in [-0.05, 0) is 36.8 Å². The molecule has 156 valence electrons. The van der Waals surface area contributed by atoms with Gasteiger partial charge in [0.2, 0.25) is 10.0 Å². The van der Waals surface area contributed by atoms with Crippen LogP contribution in [-0.2, 0) is 16.6 Å². The molecule has 1 saturated heterocycles. The minimum Gasteiger partial charge on any atom is -0.337 e. The lowest BCUT2D eigenvalue weighted by atomic mass is 10.00. The summed E-state index contributed by atoms with van der Waals surface area (Å²) >= 11 is 0. The van der Waals surface area contributed by atoms with Crippen LogP contribution >= 0.6 is 0 Å². The van der Waals surface area contributed by atoms with Crippen LogP contribution in [0.4, 0.5) is 0 Å². The SMILES string of the molecule is CC(C)CN1Cc2c(C(=O)N3CCC[C@H](C)C3)ncn2-c2ccccc2S1(=O)=O. The molecule has 0 bridgehead atoms. The molecule has 4 rings (SSSR count). The number of nitrogens with zero attached hydrogens (tertiary/aromatic N) is 4. The Morgan fingerprint density at radius 3 is 2.76 bits per heavy atom. The first-order valence-corrected chi connectivity index (χ1v) is 11.7. The van der Waals surface area contributed by atoms with Crippen molar-refractivity contribution in [3.8, 4) is 5.69 Å². The molecule has 7 nitrogen and oxygen atoms in total. The van der Waals surface area contributed by atoms with E-state index in [1.165, 1.54) is 4.31 Å². The molecule has 2 aliphatic heterocycles. The normalized spacial score (nSPS) is 21.5. The van der Waals surface area contributed by atoms with Gasteiger partial charge in [0.15, 0.2) is 5.69 Å². The van der Waals surface area contributed by atoms with Gasteiger partial charge in [-0.25, -0.2) is 13.4 Å².